The summed E-state index contributed by atoms with van der Waals surface area (Å²) < 4.78 is 0. The van der Waals surface area contributed by atoms with E-state index in [1.807, 2.05) is 31.2 Å². The molecule has 0 spiro atoms. The van der Waals surface area contributed by atoms with Gasteiger partial charge >= 0.3 is 0 Å². The van der Waals surface area contributed by atoms with Crippen molar-refractivity contribution in [3.8, 4) is 0 Å². The van der Waals surface area contributed by atoms with Gasteiger partial charge in [-0.05, 0) is 18.9 Å². The number of aryl methyl sites for hydroxylation is 1. The van der Waals surface area contributed by atoms with Crippen molar-refractivity contribution in [1.82, 2.24) is 15.6 Å². The molecule has 0 bridgehead atoms. The van der Waals surface area contributed by atoms with Gasteiger partial charge in [-0.1, -0.05) is 29.8 Å². The van der Waals surface area contributed by atoms with E-state index in [0.717, 1.165) is 5.56 Å². The van der Waals surface area contributed by atoms with Crippen LogP contribution >= 0.6 is 11.3 Å². The second kappa shape index (κ2) is 8.09. The second-order valence-electron chi connectivity index (χ2n) is 6.23. The quantitative estimate of drug-likeness (QED) is 0.716. The summed E-state index contributed by atoms with van der Waals surface area (Å²) in [7, 11) is 0. The zero-order valence-electron chi connectivity index (χ0n) is 14.4. The van der Waals surface area contributed by atoms with Crippen molar-refractivity contribution in [2.45, 2.75) is 38.8 Å². The highest BCUT2D eigenvalue weighted by molar-refractivity contribution is 7.13. The zero-order valence-corrected chi connectivity index (χ0v) is 15.2. The molecule has 2 aromatic rings. The molecule has 8 heteroatoms. The van der Waals surface area contributed by atoms with Crippen LogP contribution in [0.1, 0.15) is 29.7 Å². The maximum absolute atomic E-state index is 12.0. The highest BCUT2D eigenvalue weighted by Crippen LogP contribution is 2.17. The fourth-order valence-electron chi connectivity index (χ4n) is 2.58. The van der Waals surface area contributed by atoms with Crippen LogP contribution in [0.5, 0.6) is 0 Å². The number of amides is 3. The molecule has 3 N–H and O–H groups in total. The Morgan fingerprint density at radius 1 is 1.31 bits per heavy atom. The van der Waals surface area contributed by atoms with Crippen molar-refractivity contribution in [1.29, 1.82) is 0 Å². The van der Waals surface area contributed by atoms with Crippen LogP contribution in [0.4, 0.5) is 5.13 Å². The fraction of sp³-hybridized carbons (Fsp3) is 0.333. The number of nitrogens with zero attached hydrogens (tertiary/aromatic N) is 1. The summed E-state index contributed by atoms with van der Waals surface area (Å²) in [6.45, 7) is 2.48. The molecule has 26 heavy (non-hydrogen) atoms. The normalized spacial score (nSPS) is 16.2. The third-order valence-electron chi connectivity index (χ3n) is 4.05. The van der Waals surface area contributed by atoms with Crippen LogP contribution in [0, 0.1) is 6.92 Å². The van der Waals surface area contributed by atoms with E-state index < -0.39 is 6.04 Å². The lowest BCUT2D eigenvalue weighted by Gasteiger charge is -2.08. The van der Waals surface area contributed by atoms with E-state index in [2.05, 4.69) is 20.9 Å². The first-order valence-electron chi connectivity index (χ1n) is 8.36. The van der Waals surface area contributed by atoms with E-state index in [9.17, 15) is 14.4 Å². The Labute approximate surface area is 155 Å². The average molecular weight is 372 g/mol. The lowest BCUT2D eigenvalue weighted by atomic mass is 10.1. The summed E-state index contributed by atoms with van der Waals surface area (Å²) in [6, 6.07) is 7.46. The summed E-state index contributed by atoms with van der Waals surface area (Å²) in [4.78, 5) is 39.5. The maximum Gasteiger partial charge on any atom is 0.248 e. The highest BCUT2D eigenvalue weighted by Gasteiger charge is 2.27. The molecule has 1 aromatic heterocycles. The number of thiazole rings is 1. The molecule has 0 saturated carbocycles. The number of benzene rings is 1. The number of carbonyl (C=O) groups is 3. The van der Waals surface area contributed by atoms with E-state index in [0.29, 0.717) is 30.2 Å². The van der Waals surface area contributed by atoms with Crippen LogP contribution < -0.4 is 16.0 Å². The topological polar surface area (TPSA) is 100 Å². The molecule has 0 radical (unpaired) electrons. The molecule has 1 unspecified atom stereocenters. The van der Waals surface area contributed by atoms with Gasteiger partial charge in [0.15, 0.2) is 5.13 Å². The Kier molecular flexibility index (Phi) is 5.62. The van der Waals surface area contributed by atoms with E-state index in [1.54, 1.807) is 5.38 Å². The Morgan fingerprint density at radius 3 is 2.77 bits per heavy atom. The van der Waals surface area contributed by atoms with E-state index in [1.165, 1.54) is 16.9 Å². The first-order valence-corrected chi connectivity index (χ1v) is 9.24. The van der Waals surface area contributed by atoms with E-state index in [-0.39, 0.29) is 24.1 Å². The molecule has 136 valence electrons. The van der Waals surface area contributed by atoms with Gasteiger partial charge in [-0.3, -0.25) is 14.4 Å². The third-order valence-corrected chi connectivity index (χ3v) is 4.85. The molecule has 3 rings (SSSR count). The minimum absolute atomic E-state index is 0.116. The van der Waals surface area contributed by atoms with Crippen molar-refractivity contribution in [3.63, 3.8) is 0 Å². The van der Waals surface area contributed by atoms with Crippen molar-refractivity contribution >= 4 is 34.2 Å². The molecule has 2 heterocycles. The Balaban J connectivity index is 1.46. The van der Waals surface area contributed by atoms with Gasteiger partial charge in [0, 0.05) is 18.3 Å². The fourth-order valence-corrected chi connectivity index (χ4v) is 3.30. The molecular formula is C18H20N4O3S. The molecular weight excluding hydrogens is 352 g/mol. The number of hydrogen-bond acceptors (Lipinski definition) is 5. The first kappa shape index (κ1) is 18.1. The molecule has 1 aromatic carbocycles. The number of nitrogens with one attached hydrogen (secondary N) is 3. The van der Waals surface area contributed by atoms with Gasteiger partial charge < -0.3 is 16.0 Å². The largest absolute Gasteiger partial charge is 0.352 e. The van der Waals surface area contributed by atoms with Crippen LogP contribution in [-0.4, -0.2) is 28.7 Å². The van der Waals surface area contributed by atoms with Crippen molar-refractivity contribution in [2.24, 2.45) is 0 Å². The Bertz CT molecular complexity index is 816. The molecule has 1 saturated heterocycles. The maximum atomic E-state index is 12.0. The second-order valence-corrected chi connectivity index (χ2v) is 7.09. The summed E-state index contributed by atoms with van der Waals surface area (Å²) in [5, 5.41) is 10.3. The number of hydrogen-bond donors (Lipinski definition) is 3. The third kappa shape index (κ3) is 4.89. The molecule has 7 nitrogen and oxygen atoms in total. The molecule has 1 fully saturated rings. The van der Waals surface area contributed by atoms with Gasteiger partial charge in [-0.15, -0.1) is 11.3 Å². The smallest absolute Gasteiger partial charge is 0.248 e. The van der Waals surface area contributed by atoms with Gasteiger partial charge in [0.05, 0.1) is 12.1 Å². The van der Waals surface area contributed by atoms with Crippen molar-refractivity contribution < 1.29 is 14.4 Å². The predicted molar refractivity (Wildman–Crippen MR) is 98.6 cm³/mol. The number of carbonyl (C=O) groups excluding carboxylic acids is 3. The van der Waals surface area contributed by atoms with Crippen molar-refractivity contribution in [3.05, 3.63) is 46.5 Å². The number of aromatic nitrogens is 1. The summed E-state index contributed by atoms with van der Waals surface area (Å²) in [5.74, 6) is -0.521. The molecule has 1 aliphatic heterocycles. The molecule has 1 aliphatic rings. The lowest BCUT2D eigenvalue weighted by molar-refractivity contribution is -0.122. The zero-order chi connectivity index (χ0) is 18.5. The SMILES string of the molecule is Cc1ccc(CNC(=O)Cc2csc(NC(=O)C3CCC(=O)N3)n2)cc1. The minimum atomic E-state index is -0.507. The van der Waals surface area contributed by atoms with Gasteiger partial charge in [0.1, 0.15) is 6.04 Å². The van der Waals surface area contributed by atoms with Crippen LogP contribution in [0.2, 0.25) is 0 Å². The predicted octanol–water partition coefficient (Wildman–Crippen LogP) is 1.53. The number of anilines is 1. The molecule has 0 aliphatic carbocycles. The highest BCUT2D eigenvalue weighted by atomic mass is 32.1. The summed E-state index contributed by atoms with van der Waals surface area (Å²) in [6.07, 6.45) is 1.01. The van der Waals surface area contributed by atoms with Gasteiger partial charge in [0.25, 0.3) is 0 Å². The van der Waals surface area contributed by atoms with Gasteiger partial charge in [-0.25, -0.2) is 4.98 Å². The summed E-state index contributed by atoms with van der Waals surface area (Å²) >= 11 is 1.26. The first-order chi connectivity index (χ1) is 12.5. The lowest BCUT2D eigenvalue weighted by Crippen LogP contribution is -2.37. The van der Waals surface area contributed by atoms with Crippen LogP contribution in [0.15, 0.2) is 29.6 Å². The molecule has 1 atom stereocenters. The number of rotatable bonds is 6. The molecule has 3 amide bonds. The van der Waals surface area contributed by atoms with Crippen LogP contribution in [0.3, 0.4) is 0 Å². The van der Waals surface area contributed by atoms with E-state index in [4.69, 9.17) is 0 Å². The van der Waals surface area contributed by atoms with Gasteiger partial charge in [0.2, 0.25) is 17.7 Å². The average Bonchev–Trinajstić information content (AvgIpc) is 3.23. The monoisotopic (exact) mass is 372 g/mol. The van der Waals surface area contributed by atoms with E-state index >= 15 is 0 Å². The van der Waals surface area contributed by atoms with Crippen LogP contribution in [0.25, 0.3) is 0 Å². The Morgan fingerprint density at radius 2 is 2.08 bits per heavy atom. The minimum Gasteiger partial charge on any atom is -0.352 e. The van der Waals surface area contributed by atoms with Crippen LogP contribution in [-0.2, 0) is 27.3 Å². The standard InChI is InChI=1S/C18H20N4O3S/c1-11-2-4-12(5-3-11)9-19-16(24)8-13-10-26-18(20-13)22-17(25)14-6-7-15(23)21-14/h2-5,10,14H,6-9H2,1H3,(H,19,24)(H,21,23)(H,20,22,25). The van der Waals surface area contributed by atoms with Crippen molar-refractivity contribution in [2.75, 3.05) is 5.32 Å². The van der Waals surface area contributed by atoms with Gasteiger partial charge in [-0.2, -0.15) is 0 Å². The summed E-state index contributed by atoms with van der Waals surface area (Å²) in [5.41, 5.74) is 2.81. The Hall–Kier alpha value is -2.74.